The fraction of sp³-hybridized carbons (Fsp3) is 0.722. The van der Waals surface area contributed by atoms with Gasteiger partial charge in [0.15, 0.2) is 0 Å². The van der Waals surface area contributed by atoms with Gasteiger partial charge < -0.3 is 14.4 Å². The third-order valence-corrected chi connectivity index (χ3v) is 5.21. The highest BCUT2D eigenvalue weighted by Gasteiger charge is 2.37. The monoisotopic (exact) mass is 346 g/mol. The molecule has 2 aliphatic heterocycles. The van der Waals surface area contributed by atoms with Crippen LogP contribution in [-0.2, 0) is 27.4 Å². The van der Waals surface area contributed by atoms with Crippen LogP contribution >= 0.6 is 0 Å². The molecule has 0 radical (unpaired) electrons. The molecule has 2 atom stereocenters. The predicted octanol–water partition coefficient (Wildman–Crippen LogP) is 1.50. The van der Waals surface area contributed by atoms with E-state index >= 15 is 0 Å². The van der Waals surface area contributed by atoms with Crippen molar-refractivity contribution < 1.29 is 14.3 Å². The fourth-order valence-electron chi connectivity index (χ4n) is 3.76. The molecule has 1 amide bonds. The lowest BCUT2D eigenvalue weighted by atomic mass is 9.98. The lowest BCUT2D eigenvalue weighted by Gasteiger charge is -2.33. The number of amides is 1. The lowest BCUT2D eigenvalue weighted by molar-refractivity contribution is -0.142. The molecule has 1 aromatic heterocycles. The van der Waals surface area contributed by atoms with Crippen LogP contribution in [0.15, 0.2) is 12.7 Å². The van der Waals surface area contributed by atoms with E-state index in [9.17, 15) is 4.79 Å². The van der Waals surface area contributed by atoms with E-state index < -0.39 is 0 Å². The van der Waals surface area contributed by atoms with Crippen molar-refractivity contribution in [3.05, 3.63) is 24.0 Å². The number of fused-ring (bicyclic) bond motifs is 1. The first-order valence-electron chi connectivity index (χ1n) is 9.27. The van der Waals surface area contributed by atoms with Crippen molar-refractivity contribution >= 4 is 5.91 Å². The van der Waals surface area contributed by atoms with Gasteiger partial charge in [0, 0.05) is 25.6 Å². The highest BCUT2D eigenvalue weighted by Crippen LogP contribution is 2.34. The molecule has 136 valence electrons. The van der Waals surface area contributed by atoms with Crippen molar-refractivity contribution in [2.45, 2.75) is 50.8 Å². The Morgan fingerprint density at radius 3 is 3.00 bits per heavy atom. The normalized spacial score (nSPS) is 25.8. The second-order valence-corrected chi connectivity index (χ2v) is 7.29. The summed E-state index contributed by atoms with van der Waals surface area (Å²) >= 11 is 0. The number of hydrogen-bond acceptors (Lipinski definition) is 5. The quantitative estimate of drug-likeness (QED) is 0.553. The number of carbonyl (C=O) groups excluding carboxylic acids is 1. The van der Waals surface area contributed by atoms with E-state index in [-0.39, 0.29) is 17.9 Å². The first-order chi connectivity index (χ1) is 12.3. The van der Waals surface area contributed by atoms with E-state index in [4.69, 9.17) is 9.47 Å². The van der Waals surface area contributed by atoms with Gasteiger partial charge in [-0.3, -0.25) is 4.79 Å². The summed E-state index contributed by atoms with van der Waals surface area (Å²) in [7, 11) is 0. The molecule has 25 heavy (non-hydrogen) atoms. The Hall–Kier alpha value is -1.73. The fourth-order valence-corrected chi connectivity index (χ4v) is 3.76. The Bertz CT molecular complexity index is 634. The van der Waals surface area contributed by atoms with Gasteiger partial charge in [0.2, 0.25) is 0 Å². The average Bonchev–Trinajstić information content (AvgIpc) is 3.10. The van der Waals surface area contributed by atoms with Gasteiger partial charge in [-0.25, -0.2) is 4.68 Å². The van der Waals surface area contributed by atoms with Gasteiger partial charge in [-0.15, -0.1) is 11.7 Å². The van der Waals surface area contributed by atoms with Crippen molar-refractivity contribution in [1.82, 2.24) is 19.9 Å². The van der Waals surface area contributed by atoms with Crippen molar-refractivity contribution in [2.24, 2.45) is 5.92 Å². The molecule has 0 bridgehead atoms. The molecular weight excluding hydrogens is 320 g/mol. The van der Waals surface area contributed by atoms with Crippen LogP contribution in [0.2, 0.25) is 0 Å². The van der Waals surface area contributed by atoms with E-state index in [2.05, 4.69) is 16.9 Å². The van der Waals surface area contributed by atoms with Gasteiger partial charge in [0.25, 0.3) is 5.91 Å². The van der Waals surface area contributed by atoms with Crippen LogP contribution in [0.4, 0.5) is 0 Å². The second-order valence-electron chi connectivity index (χ2n) is 7.29. The Morgan fingerprint density at radius 1 is 1.40 bits per heavy atom. The average molecular weight is 346 g/mol. The number of ether oxygens (including phenoxy) is 2. The molecule has 1 aliphatic carbocycles. The molecule has 4 rings (SSSR count). The Balaban J connectivity index is 1.53. The van der Waals surface area contributed by atoms with E-state index in [0.717, 1.165) is 36.7 Å². The minimum Gasteiger partial charge on any atom is -0.377 e. The SMILES string of the molecule is C=CCOCC1CN(C(=O)[C@@H]2CCCO2)Cc2nnn(CC3CC3)c21. The highest BCUT2D eigenvalue weighted by molar-refractivity contribution is 5.81. The maximum Gasteiger partial charge on any atom is 0.252 e. The van der Waals surface area contributed by atoms with Gasteiger partial charge in [0.05, 0.1) is 25.5 Å². The summed E-state index contributed by atoms with van der Waals surface area (Å²) in [6.07, 6.45) is 5.77. The molecule has 3 aliphatic rings. The predicted molar refractivity (Wildman–Crippen MR) is 90.9 cm³/mol. The summed E-state index contributed by atoms with van der Waals surface area (Å²) in [5.74, 6) is 0.906. The maximum atomic E-state index is 12.8. The third-order valence-electron chi connectivity index (χ3n) is 5.21. The molecule has 7 nitrogen and oxygen atoms in total. The highest BCUT2D eigenvalue weighted by atomic mass is 16.5. The molecule has 0 aromatic carbocycles. The number of aromatic nitrogens is 3. The number of nitrogens with zero attached hydrogens (tertiary/aromatic N) is 4. The van der Waals surface area contributed by atoms with E-state index in [1.165, 1.54) is 12.8 Å². The summed E-state index contributed by atoms with van der Waals surface area (Å²) < 4.78 is 13.3. The van der Waals surface area contributed by atoms with Crippen molar-refractivity contribution in [2.75, 3.05) is 26.4 Å². The Labute approximate surface area is 148 Å². The van der Waals surface area contributed by atoms with E-state index in [1.807, 2.05) is 9.58 Å². The second kappa shape index (κ2) is 7.25. The minimum absolute atomic E-state index is 0.0774. The Morgan fingerprint density at radius 2 is 2.28 bits per heavy atom. The zero-order valence-electron chi connectivity index (χ0n) is 14.6. The summed E-state index contributed by atoms with van der Waals surface area (Å²) in [6, 6.07) is 0. The van der Waals surface area contributed by atoms with E-state index in [0.29, 0.717) is 32.9 Å². The van der Waals surface area contributed by atoms with Crippen molar-refractivity contribution in [1.29, 1.82) is 0 Å². The number of rotatable bonds is 7. The number of carbonyl (C=O) groups is 1. The number of hydrogen-bond donors (Lipinski definition) is 0. The molecule has 1 unspecified atom stereocenters. The largest absolute Gasteiger partial charge is 0.377 e. The van der Waals surface area contributed by atoms with Crippen molar-refractivity contribution in [3.8, 4) is 0 Å². The summed E-state index contributed by atoms with van der Waals surface area (Å²) in [4.78, 5) is 14.6. The van der Waals surface area contributed by atoms with E-state index in [1.54, 1.807) is 6.08 Å². The van der Waals surface area contributed by atoms with Crippen LogP contribution < -0.4 is 0 Å². The smallest absolute Gasteiger partial charge is 0.252 e. The molecule has 0 spiro atoms. The van der Waals surface area contributed by atoms with Gasteiger partial charge in [-0.1, -0.05) is 11.3 Å². The van der Waals surface area contributed by atoms with Gasteiger partial charge in [-0.2, -0.15) is 0 Å². The molecule has 1 aromatic rings. The van der Waals surface area contributed by atoms with Crippen LogP contribution in [0.3, 0.4) is 0 Å². The standard InChI is InChI=1S/C18H26N4O3/c1-2-7-24-12-14-10-21(18(23)16-4-3-8-25-16)11-15-17(14)22(20-19-15)9-13-5-6-13/h2,13-14,16H,1,3-12H2/t14?,16-/m0/s1. The molecular formula is C18H26N4O3. The zero-order chi connectivity index (χ0) is 17.2. The van der Waals surface area contributed by atoms with Crippen LogP contribution in [0.5, 0.6) is 0 Å². The summed E-state index contributed by atoms with van der Waals surface area (Å²) in [6.45, 7) is 7.53. The van der Waals surface area contributed by atoms with Crippen LogP contribution in [-0.4, -0.2) is 58.3 Å². The first-order valence-corrected chi connectivity index (χ1v) is 9.27. The molecule has 1 saturated heterocycles. The van der Waals surface area contributed by atoms with Crippen molar-refractivity contribution in [3.63, 3.8) is 0 Å². The molecule has 1 saturated carbocycles. The Kier molecular flexibility index (Phi) is 4.85. The maximum absolute atomic E-state index is 12.8. The summed E-state index contributed by atoms with van der Waals surface area (Å²) in [5, 5.41) is 8.75. The molecule has 7 heteroatoms. The third kappa shape index (κ3) is 3.62. The zero-order valence-corrected chi connectivity index (χ0v) is 14.6. The molecule has 3 heterocycles. The molecule has 2 fully saturated rings. The topological polar surface area (TPSA) is 69.5 Å². The summed E-state index contributed by atoms with van der Waals surface area (Å²) in [5.41, 5.74) is 2.05. The minimum atomic E-state index is -0.294. The lowest BCUT2D eigenvalue weighted by Crippen LogP contribution is -2.44. The van der Waals surface area contributed by atoms with Gasteiger partial charge in [0.1, 0.15) is 11.8 Å². The molecule has 0 N–H and O–H groups in total. The van der Waals surface area contributed by atoms with Crippen LogP contribution in [0.1, 0.15) is 43.0 Å². The first kappa shape index (κ1) is 16.7. The van der Waals surface area contributed by atoms with Gasteiger partial charge in [-0.05, 0) is 31.6 Å². The van der Waals surface area contributed by atoms with Crippen LogP contribution in [0, 0.1) is 5.92 Å². The van der Waals surface area contributed by atoms with Crippen LogP contribution in [0.25, 0.3) is 0 Å². The van der Waals surface area contributed by atoms with Gasteiger partial charge >= 0.3 is 0 Å².